The van der Waals surface area contributed by atoms with Crippen LogP contribution in [-0.2, 0) is 0 Å². The molecule has 5 heteroatoms. The number of nitrogens with zero attached hydrogens (tertiary/aromatic N) is 1. The summed E-state index contributed by atoms with van der Waals surface area (Å²) in [4.78, 5) is 10.5. The van der Waals surface area contributed by atoms with Gasteiger partial charge in [0.25, 0.3) is 0 Å². The lowest BCUT2D eigenvalue weighted by molar-refractivity contribution is 0.171. The largest absolute Gasteiger partial charge is 0.465 e. The van der Waals surface area contributed by atoms with Crippen molar-refractivity contribution in [1.29, 1.82) is 5.26 Å². The maximum Gasteiger partial charge on any atom is 0.405 e. The van der Waals surface area contributed by atoms with Gasteiger partial charge in [-0.2, -0.15) is 5.26 Å². The molecule has 0 radical (unpaired) electrons. The standard InChI is InChI=1S/C9H13ClN2O2/c10-5-7-1-3-9(6-11,4-2-7)12-8(13)14/h7,12H,1-5H2,(H,13,14). The first kappa shape index (κ1) is 11.1. The second-order valence-electron chi connectivity index (χ2n) is 3.72. The van der Waals surface area contributed by atoms with E-state index in [0.717, 1.165) is 12.8 Å². The van der Waals surface area contributed by atoms with Crippen LogP contribution in [0.4, 0.5) is 4.79 Å². The van der Waals surface area contributed by atoms with Crippen molar-refractivity contribution in [3.8, 4) is 6.07 Å². The quantitative estimate of drug-likeness (QED) is 0.693. The van der Waals surface area contributed by atoms with Crippen LogP contribution in [-0.4, -0.2) is 22.6 Å². The Bertz CT molecular complexity index is 254. The molecule has 4 nitrogen and oxygen atoms in total. The van der Waals surface area contributed by atoms with Crippen LogP contribution in [0.5, 0.6) is 0 Å². The molecule has 78 valence electrons. The van der Waals surface area contributed by atoms with Crippen molar-refractivity contribution in [3.63, 3.8) is 0 Å². The number of nitrogens with one attached hydrogen (secondary N) is 1. The molecular formula is C9H13ClN2O2. The van der Waals surface area contributed by atoms with E-state index >= 15 is 0 Å². The average molecular weight is 217 g/mol. The molecule has 0 aliphatic heterocycles. The molecule has 0 saturated heterocycles. The number of rotatable bonds is 2. The van der Waals surface area contributed by atoms with Crippen LogP contribution in [0.2, 0.25) is 0 Å². The van der Waals surface area contributed by atoms with Crippen LogP contribution in [0.1, 0.15) is 25.7 Å². The molecule has 1 rings (SSSR count). The summed E-state index contributed by atoms with van der Waals surface area (Å²) in [6, 6.07) is 2.06. The normalized spacial score (nSPS) is 31.9. The summed E-state index contributed by atoms with van der Waals surface area (Å²) in [5.41, 5.74) is -0.881. The Labute approximate surface area is 87.9 Å². The Hall–Kier alpha value is -0.950. The first-order chi connectivity index (χ1) is 6.62. The first-order valence-corrected chi connectivity index (χ1v) is 5.13. The highest BCUT2D eigenvalue weighted by molar-refractivity contribution is 6.18. The third-order valence-corrected chi connectivity index (χ3v) is 3.17. The predicted molar refractivity (Wildman–Crippen MR) is 52.2 cm³/mol. The van der Waals surface area contributed by atoms with Crippen molar-refractivity contribution >= 4 is 17.7 Å². The molecule has 0 aromatic carbocycles. The monoisotopic (exact) mass is 216 g/mol. The highest BCUT2D eigenvalue weighted by Gasteiger charge is 2.36. The lowest BCUT2D eigenvalue weighted by Crippen LogP contribution is -2.49. The van der Waals surface area contributed by atoms with Crippen molar-refractivity contribution in [2.75, 3.05) is 5.88 Å². The van der Waals surface area contributed by atoms with Crippen LogP contribution in [0.25, 0.3) is 0 Å². The topological polar surface area (TPSA) is 73.1 Å². The highest BCUT2D eigenvalue weighted by atomic mass is 35.5. The summed E-state index contributed by atoms with van der Waals surface area (Å²) < 4.78 is 0. The van der Waals surface area contributed by atoms with Crippen LogP contribution in [0, 0.1) is 17.2 Å². The van der Waals surface area contributed by atoms with Gasteiger partial charge in [-0.25, -0.2) is 4.79 Å². The molecule has 1 amide bonds. The Kier molecular flexibility index (Phi) is 3.59. The third kappa shape index (κ3) is 2.52. The number of hydrogen-bond donors (Lipinski definition) is 2. The van der Waals surface area contributed by atoms with E-state index in [9.17, 15) is 4.79 Å². The van der Waals surface area contributed by atoms with Crippen molar-refractivity contribution in [2.45, 2.75) is 31.2 Å². The number of amides is 1. The van der Waals surface area contributed by atoms with Crippen molar-refractivity contribution in [3.05, 3.63) is 0 Å². The summed E-state index contributed by atoms with van der Waals surface area (Å²) in [7, 11) is 0. The molecule has 1 aliphatic carbocycles. The number of carbonyl (C=O) groups is 1. The lowest BCUT2D eigenvalue weighted by atomic mass is 9.78. The van der Waals surface area contributed by atoms with Gasteiger partial charge in [0, 0.05) is 5.88 Å². The number of halogens is 1. The zero-order chi connectivity index (χ0) is 10.6. The van der Waals surface area contributed by atoms with Gasteiger partial charge in [-0.3, -0.25) is 0 Å². The maximum atomic E-state index is 10.5. The van der Waals surface area contributed by atoms with E-state index in [0.29, 0.717) is 24.6 Å². The van der Waals surface area contributed by atoms with E-state index in [4.69, 9.17) is 22.0 Å². The van der Waals surface area contributed by atoms with Gasteiger partial charge in [-0.05, 0) is 31.6 Å². The summed E-state index contributed by atoms with van der Waals surface area (Å²) in [6.07, 6.45) is 1.63. The Balaban J connectivity index is 2.58. The van der Waals surface area contributed by atoms with Gasteiger partial charge >= 0.3 is 6.09 Å². The number of carboxylic acid groups (broad SMARTS) is 1. The fourth-order valence-electron chi connectivity index (χ4n) is 1.79. The lowest BCUT2D eigenvalue weighted by Gasteiger charge is -2.33. The molecule has 0 bridgehead atoms. The smallest absolute Gasteiger partial charge is 0.405 e. The molecule has 0 heterocycles. The van der Waals surface area contributed by atoms with Gasteiger partial charge in [0.15, 0.2) is 0 Å². The van der Waals surface area contributed by atoms with Crippen LogP contribution >= 0.6 is 11.6 Å². The number of alkyl halides is 1. The minimum absolute atomic E-state index is 0.425. The first-order valence-electron chi connectivity index (χ1n) is 4.60. The van der Waals surface area contributed by atoms with Crippen molar-refractivity contribution in [1.82, 2.24) is 5.32 Å². The molecule has 1 saturated carbocycles. The van der Waals surface area contributed by atoms with E-state index in [1.54, 1.807) is 0 Å². The van der Waals surface area contributed by atoms with Crippen LogP contribution in [0.15, 0.2) is 0 Å². The fourth-order valence-corrected chi connectivity index (χ4v) is 2.10. The van der Waals surface area contributed by atoms with Gasteiger partial charge < -0.3 is 10.4 Å². The predicted octanol–water partition coefficient (Wildman–Crippen LogP) is 1.95. The fraction of sp³-hybridized carbons (Fsp3) is 0.778. The summed E-state index contributed by atoms with van der Waals surface area (Å²) in [5, 5.41) is 19.8. The second kappa shape index (κ2) is 4.52. The molecule has 0 atom stereocenters. The van der Waals surface area contributed by atoms with Gasteiger partial charge in [-0.15, -0.1) is 11.6 Å². The molecule has 0 unspecified atom stereocenters. The SMILES string of the molecule is N#CC1(NC(=O)O)CCC(CCl)CC1. The second-order valence-corrected chi connectivity index (χ2v) is 4.03. The van der Waals surface area contributed by atoms with Crippen molar-refractivity contribution in [2.24, 2.45) is 5.92 Å². The highest BCUT2D eigenvalue weighted by Crippen LogP contribution is 2.32. The van der Waals surface area contributed by atoms with Crippen molar-refractivity contribution < 1.29 is 9.90 Å². The molecule has 0 spiro atoms. The maximum absolute atomic E-state index is 10.5. The van der Waals surface area contributed by atoms with Crippen LogP contribution < -0.4 is 5.32 Å². The zero-order valence-electron chi connectivity index (χ0n) is 7.79. The molecule has 0 aromatic heterocycles. The summed E-state index contributed by atoms with van der Waals surface area (Å²) >= 11 is 5.70. The van der Waals surface area contributed by atoms with E-state index in [2.05, 4.69) is 11.4 Å². The molecule has 1 aliphatic rings. The third-order valence-electron chi connectivity index (χ3n) is 2.74. The van der Waals surface area contributed by atoms with E-state index in [-0.39, 0.29) is 0 Å². The Morgan fingerprint density at radius 3 is 2.57 bits per heavy atom. The minimum Gasteiger partial charge on any atom is -0.465 e. The zero-order valence-corrected chi connectivity index (χ0v) is 8.55. The Morgan fingerprint density at radius 2 is 2.21 bits per heavy atom. The van der Waals surface area contributed by atoms with Gasteiger partial charge in [-0.1, -0.05) is 0 Å². The van der Waals surface area contributed by atoms with E-state index < -0.39 is 11.6 Å². The number of nitriles is 1. The van der Waals surface area contributed by atoms with Gasteiger partial charge in [0.2, 0.25) is 0 Å². The van der Waals surface area contributed by atoms with Gasteiger partial charge in [0.1, 0.15) is 5.54 Å². The van der Waals surface area contributed by atoms with Gasteiger partial charge in [0.05, 0.1) is 6.07 Å². The minimum atomic E-state index is -1.13. The molecule has 14 heavy (non-hydrogen) atoms. The average Bonchev–Trinajstić information content (AvgIpc) is 2.18. The summed E-state index contributed by atoms with van der Waals surface area (Å²) in [6.45, 7) is 0. The number of hydrogen-bond acceptors (Lipinski definition) is 2. The van der Waals surface area contributed by atoms with E-state index in [1.165, 1.54) is 0 Å². The van der Waals surface area contributed by atoms with Crippen LogP contribution in [0.3, 0.4) is 0 Å². The molecule has 2 N–H and O–H groups in total. The van der Waals surface area contributed by atoms with E-state index in [1.807, 2.05) is 0 Å². The molecule has 1 fully saturated rings. The molecule has 0 aromatic rings. The Morgan fingerprint density at radius 1 is 1.64 bits per heavy atom. The molecular weight excluding hydrogens is 204 g/mol. The summed E-state index contributed by atoms with van der Waals surface area (Å²) in [5.74, 6) is 1.02.